The summed E-state index contributed by atoms with van der Waals surface area (Å²) < 4.78 is 32.0. The lowest BCUT2D eigenvalue weighted by Crippen LogP contribution is -2.35. The van der Waals surface area contributed by atoms with E-state index in [4.69, 9.17) is 4.74 Å². The second-order valence-electron chi connectivity index (χ2n) is 8.38. The first kappa shape index (κ1) is 20.8. The van der Waals surface area contributed by atoms with E-state index in [1.165, 1.54) is 12.1 Å². The van der Waals surface area contributed by atoms with Crippen molar-refractivity contribution in [2.24, 2.45) is 0 Å². The smallest absolute Gasteiger partial charge is 0.269 e. The predicted octanol–water partition coefficient (Wildman–Crippen LogP) is 2.35. The average Bonchev–Trinajstić information content (AvgIpc) is 3.63. The molecule has 0 atom stereocenters. The molecule has 32 heavy (non-hydrogen) atoms. The Balaban J connectivity index is 1.33. The van der Waals surface area contributed by atoms with E-state index in [9.17, 15) is 18.0 Å². The molecule has 1 saturated carbocycles. The van der Waals surface area contributed by atoms with Crippen molar-refractivity contribution in [3.63, 3.8) is 0 Å². The van der Waals surface area contributed by atoms with Crippen LogP contribution in [0.25, 0.3) is 0 Å². The monoisotopic (exact) mass is 455 g/mol. The summed E-state index contributed by atoms with van der Waals surface area (Å²) in [7, 11) is -2.25. The van der Waals surface area contributed by atoms with Crippen molar-refractivity contribution in [3.05, 3.63) is 53.6 Å². The van der Waals surface area contributed by atoms with Crippen LogP contribution in [0.2, 0.25) is 0 Å². The second-order valence-corrected chi connectivity index (χ2v) is 10.2. The lowest BCUT2D eigenvalue weighted by Gasteiger charge is -2.24. The van der Waals surface area contributed by atoms with Crippen LogP contribution < -0.4 is 9.64 Å². The third kappa shape index (κ3) is 3.50. The van der Waals surface area contributed by atoms with Gasteiger partial charge in [0, 0.05) is 43.5 Å². The molecule has 0 aromatic heterocycles. The maximum atomic E-state index is 13.2. The van der Waals surface area contributed by atoms with Crippen molar-refractivity contribution in [3.8, 4) is 5.75 Å². The molecular formula is C23H25N3O5S. The summed E-state index contributed by atoms with van der Waals surface area (Å²) in [5, 5.41) is 0. The highest BCUT2D eigenvalue weighted by atomic mass is 32.2. The maximum absolute atomic E-state index is 13.2. The Kier molecular flexibility index (Phi) is 5.08. The first-order valence-corrected chi connectivity index (χ1v) is 12.3. The minimum absolute atomic E-state index is 0.0464. The number of sulfonamides is 1. The van der Waals surface area contributed by atoms with Gasteiger partial charge in [0.1, 0.15) is 10.6 Å². The summed E-state index contributed by atoms with van der Waals surface area (Å²) >= 11 is 0. The van der Waals surface area contributed by atoms with Gasteiger partial charge in [-0.2, -0.15) is 0 Å². The van der Waals surface area contributed by atoms with E-state index >= 15 is 0 Å². The summed E-state index contributed by atoms with van der Waals surface area (Å²) in [6.07, 6.45) is 2.20. The van der Waals surface area contributed by atoms with Gasteiger partial charge in [0.15, 0.2) is 0 Å². The molecule has 2 aromatic carbocycles. The number of anilines is 1. The largest absolute Gasteiger partial charge is 0.497 e. The van der Waals surface area contributed by atoms with Crippen molar-refractivity contribution in [1.29, 1.82) is 0 Å². The first-order chi connectivity index (χ1) is 15.4. The summed E-state index contributed by atoms with van der Waals surface area (Å²) in [6.45, 7) is 2.61. The number of hydrogen-bond donors (Lipinski definition) is 0. The number of rotatable bonds is 4. The highest BCUT2D eigenvalue weighted by Gasteiger charge is 2.48. The number of nitrogens with zero attached hydrogens (tertiary/aromatic N) is 3. The standard InChI is InChI=1S/C23H25N3O5S/c1-31-19-8-6-17(7-9-19)24-11-2-12-25(14-13-24)22(27)16-3-10-20-21(15-16)32(29,30)26(23(20)28)18-4-5-18/h3,6-10,15,18H,2,4-5,11-14H2,1H3. The zero-order valence-electron chi connectivity index (χ0n) is 17.9. The third-order valence-electron chi connectivity index (χ3n) is 6.30. The molecule has 1 saturated heterocycles. The highest BCUT2D eigenvalue weighted by Crippen LogP contribution is 2.39. The molecule has 5 rings (SSSR count). The summed E-state index contributed by atoms with van der Waals surface area (Å²) in [5.41, 5.74) is 1.54. The summed E-state index contributed by atoms with van der Waals surface area (Å²) in [6, 6.07) is 12.0. The van der Waals surface area contributed by atoms with E-state index in [1.807, 2.05) is 24.3 Å². The minimum Gasteiger partial charge on any atom is -0.497 e. The Morgan fingerprint density at radius 2 is 1.75 bits per heavy atom. The maximum Gasteiger partial charge on any atom is 0.269 e. The molecular weight excluding hydrogens is 430 g/mol. The molecule has 3 aliphatic rings. The number of benzene rings is 2. The van der Waals surface area contributed by atoms with Gasteiger partial charge in [0.25, 0.3) is 21.8 Å². The van der Waals surface area contributed by atoms with Crippen molar-refractivity contribution >= 4 is 27.5 Å². The fourth-order valence-electron chi connectivity index (χ4n) is 4.40. The van der Waals surface area contributed by atoms with Crippen LogP contribution in [0.1, 0.15) is 40.0 Å². The molecule has 0 bridgehead atoms. The van der Waals surface area contributed by atoms with Gasteiger partial charge >= 0.3 is 0 Å². The molecule has 0 unspecified atom stereocenters. The van der Waals surface area contributed by atoms with E-state index in [0.29, 0.717) is 38.0 Å². The Hall–Kier alpha value is -3.07. The Morgan fingerprint density at radius 3 is 2.44 bits per heavy atom. The van der Waals surface area contributed by atoms with Crippen LogP contribution in [0, 0.1) is 0 Å². The third-order valence-corrected chi connectivity index (χ3v) is 8.17. The van der Waals surface area contributed by atoms with Gasteiger partial charge in [-0.3, -0.25) is 9.59 Å². The van der Waals surface area contributed by atoms with E-state index in [1.54, 1.807) is 18.1 Å². The van der Waals surface area contributed by atoms with Gasteiger partial charge in [-0.15, -0.1) is 0 Å². The molecule has 2 aromatic rings. The van der Waals surface area contributed by atoms with Crippen LogP contribution in [0.15, 0.2) is 47.4 Å². The average molecular weight is 456 g/mol. The number of fused-ring (bicyclic) bond motifs is 1. The fourth-order valence-corrected chi connectivity index (χ4v) is 6.25. The van der Waals surface area contributed by atoms with Crippen LogP contribution in [-0.2, 0) is 10.0 Å². The van der Waals surface area contributed by atoms with Gasteiger partial charge in [0.05, 0.1) is 12.7 Å². The van der Waals surface area contributed by atoms with Crippen molar-refractivity contribution in [2.75, 3.05) is 38.2 Å². The number of carbonyl (C=O) groups is 2. The summed E-state index contributed by atoms with van der Waals surface area (Å²) in [4.78, 5) is 29.7. The minimum atomic E-state index is -3.88. The zero-order chi connectivity index (χ0) is 22.5. The molecule has 0 N–H and O–H groups in total. The highest BCUT2D eigenvalue weighted by molar-refractivity contribution is 7.90. The Morgan fingerprint density at radius 1 is 1.00 bits per heavy atom. The molecule has 9 heteroatoms. The van der Waals surface area contributed by atoms with Gasteiger partial charge in [0.2, 0.25) is 0 Å². The second kappa shape index (κ2) is 7.81. The van der Waals surface area contributed by atoms with Crippen LogP contribution in [0.5, 0.6) is 5.75 Å². The molecule has 0 spiro atoms. The zero-order valence-corrected chi connectivity index (χ0v) is 18.7. The molecule has 168 valence electrons. The van der Waals surface area contributed by atoms with E-state index < -0.39 is 15.9 Å². The van der Waals surface area contributed by atoms with Crippen LogP contribution in [0.4, 0.5) is 5.69 Å². The van der Waals surface area contributed by atoms with E-state index in [0.717, 1.165) is 28.7 Å². The van der Waals surface area contributed by atoms with Gasteiger partial charge < -0.3 is 14.5 Å². The molecule has 2 fully saturated rings. The normalized spacial score (nSPS) is 20.2. The molecule has 2 aliphatic heterocycles. The van der Waals surface area contributed by atoms with Crippen molar-refractivity contribution < 1.29 is 22.7 Å². The van der Waals surface area contributed by atoms with Crippen LogP contribution >= 0.6 is 0 Å². The number of ether oxygens (including phenoxy) is 1. The molecule has 1 aliphatic carbocycles. The quantitative estimate of drug-likeness (QED) is 0.704. The topological polar surface area (TPSA) is 87.2 Å². The first-order valence-electron chi connectivity index (χ1n) is 10.8. The molecule has 2 amide bonds. The van der Waals surface area contributed by atoms with Crippen LogP contribution in [-0.4, -0.2) is 68.8 Å². The van der Waals surface area contributed by atoms with Gasteiger partial charge in [-0.05, 0) is 61.7 Å². The van der Waals surface area contributed by atoms with Crippen LogP contribution in [0.3, 0.4) is 0 Å². The van der Waals surface area contributed by atoms with Crippen molar-refractivity contribution in [1.82, 2.24) is 9.21 Å². The number of carbonyl (C=O) groups excluding carboxylic acids is 2. The Labute approximate surface area is 187 Å². The fraction of sp³-hybridized carbons (Fsp3) is 0.391. The van der Waals surface area contributed by atoms with E-state index in [-0.39, 0.29) is 22.4 Å². The van der Waals surface area contributed by atoms with E-state index in [2.05, 4.69) is 4.90 Å². The number of hydrogen-bond acceptors (Lipinski definition) is 6. The van der Waals surface area contributed by atoms with Gasteiger partial charge in [-0.25, -0.2) is 12.7 Å². The number of methoxy groups -OCH3 is 1. The molecule has 2 heterocycles. The van der Waals surface area contributed by atoms with Gasteiger partial charge in [-0.1, -0.05) is 0 Å². The van der Waals surface area contributed by atoms with Crippen molar-refractivity contribution in [2.45, 2.75) is 30.2 Å². The SMILES string of the molecule is COc1ccc(N2CCCN(C(=O)c3ccc4c(c3)S(=O)(=O)N(C3CC3)C4=O)CC2)cc1. The number of amides is 2. The lowest BCUT2D eigenvalue weighted by atomic mass is 10.1. The predicted molar refractivity (Wildman–Crippen MR) is 119 cm³/mol. The lowest BCUT2D eigenvalue weighted by molar-refractivity contribution is 0.0765. The Bertz CT molecular complexity index is 1170. The molecule has 8 nitrogen and oxygen atoms in total. The molecule has 0 radical (unpaired) electrons. The summed E-state index contributed by atoms with van der Waals surface area (Å²) in [5.74, 6) is 0.106.